The number of hydrogen-bond donors (Lipinski definition) is 0. The van der Waals surface area contributed by atoms with Gasteiger partial charge in [-0.15, -0.1) is 0 Å². The SMILES string of the molecule is COc1ccc2cc(/C=C/C(=O)OCC(=O)N(C)C)ccc2c1. The summed E-state index contributed by atoms with van der Waals surface area (Å²) < 4.78 is 10.1. The van der Waals surface area contributed by atoms with Crippen LogP contribution < -0.4 is 4.74 Å². The van der Waals surface area contributed by atoms with E-state index in [0.717, 1.165) is 22.1 Å². The minimum absolute atomic E-state index is 0.256. The van der Waals surface area contributed by atoms with Gasteiger partial charge in [-0.05, 0) is 40.6 Å². The highest BCUT2D eigenvalue weighted by Gasteiger charge is 2.06. The molecule has 23 heavy (non-hydrogen) atoms. The Morgan fingerprint density at radius 1 is 1.09 bits per heavy atom. The minimum atomic E-state index is -0.546. The molecule has 120 valence electrons. The molecule has 2 rings (SSSR count). The summed E-state index contributed by atoms with van der Waals surface area (Å²) in [6.45, 7) is -0.256. The van der Waals surface area contributed by atoms with Crippen LogP contribution in [0.25, 0.3) is 16.8 Å². The van der Waals surface area contributed by atoms with Gasteiger partial charge in [0.15, 0.2) is 6.61 Å². The van der Waals surface area contributed by atoms with Gasteiger partial charge >= 0.3 is 5.97 Å². The van der Waals surface area contributed by atoms with Gasteiger partial charge in [-0.1, -0.05) is 18.2 Å². The van der Waals surface area contributed by atoms with Crippen molar-refractivity contribution in [2.24, 2.45) is 0 Å². The Hall–Kier alpha value is -2.82. The van der Waals surface area contributed by atoms with Crippen molar-refractivity contribution in [2.75, 3.05) is 27.8 Å². The molecular formula is C18H19NO4. The number of carbonyl (C=O) groups excluding carboxylic acids is 2. The third-order valence-electron chi connectivity index (χ3n) is 3.32. The van der Waals surface area contributed by atoms with Crippen LogP contribution in [0, 0.1) is 0 Å². The van der Waals surface area contributed by atoms with Crippen LogP contribution in [0.15, 0.2) is 42.5 Å². The molecule has 0 N–H and O–H groups in total. The summed E-state index contributed by atoms with van der Waals surface area (Å²) in [7, 11) is 4.84. The first-order chi connectivity index (χ1) is 11.0. The number of rotatable bonds is 5. The predicted octanol–water partition coefficient (Wildman–Crippen LogP) is 2.49. The largest absolute Gasteiger partial charge is 0.497 e. The van der Waals surface area contributed by atoms with Gasteiger partial charge in [0.2, 0.25) is 0 Å². The number of likely N-dealkylation sites (N-methyl/N-ethyl adjacent to an activating group) is 1. The molecule has 0 atom stereocenters. The van der Waals surface area contributed by atoms with E-state index in [2.05, 4.69) is 0 Å². The molecule has 0 radical (unpaired) electrons. The molecule has 0 aliphatic heterocycles. The molecule has 0 fully saturated rings. The molecule has 0 saturated carbocycles. The van der Waals surface area contributed by atoms with E-state index >= 15 is 0 Å². The fourth-order valence-electron chi connectivity index (χ4n) is 1.95. The summed E-state index contributed by atoms with van der Waals surface area (Å²) in [4.78, 5) is 24.3. The van der Waals surface area contributed by atoms with Crippen LogP contribution in [0.3, 0.4) is 0 Å². The Labute approximate surface area is 135 Å². The minimum Gasteiger partial charge on any atom is -0.497 e. The van der Waals surface area contributed by atoms with Crippen molar-refractivity contribution in [1.82, 2.24) is 4.90 Å². The molecule has 0 aliphatic carbocycles. The number of ether oxygens (including phenoxy) is 2. The summed E-state index contributed by atoms with van der Waals surface area (Å²) in [5.74, 6) is -0.00337. The Balaban J connectivity index is 2.03. The smallest absolute Gasteiger partial charge is 0.331 e. The van der Waals surface area contributed by atoms with Crippen molar-refractivity contribution < 1.29 is 19.1 Å². The van der Waals surface area contributed by atoms with E-state index in [1.807, 2.05) is 36.4 Å². The van der Waals surface area contributed by atoms with Gasteiger partial charge in [0, 0.05) is 20.2 Å². The highest BCUT2D eigenvalue weighted by atomic mass is 16.5. The summed E-state index contributed by atoms with van der Waals surface area (Å²) in [6, 6.07) is 11.6. The summed E-state index contributed by atoms with van der Waals surface area (Å²) in [5.41, 5.74) is 0.874. The normalized spacial score (nSPS) is 10.7. The van der Waals surface area contributed by atoms with E-state index in [1.165, 1.54) is 11.0 Å². The predicted molar refractivity (Wildman–Crippen MR) is 89.2 cm³/mol. The highest BCUT2D eigenvalue weighted by molar-refractivity contribution is 5.91. The van der Waals surface area contributed by atoms with Crippen LogP contribution in [0.2, 0.25) is 0 Å². The molecule has 0 spiro atoms. The van der Waals surface area contributed by atoms with E-state index in [0.29, 0.717) is 0 Å². The van der Waals surface area contributed by atoms with Gasteiger partial charge in [-0.25, -0.2) is 4.79 Å². The second-order valence-electron chi connectivity index (χ2n) is 5.20. The molecule has 5 nitrogen and oxygen atoms in total. The van der Waals surface area contributed by atoms with Gasteiger partial charge in [-0.3, -0.25) is 4.79 Å². The second-order valence-corrected chi connectivity index (χ2v) is 5.20. The van der Waals surface area contributed by atoms with Crippen molar-refractivity contribution in [3.8, 4) is 5.75 Å². The Kier molecular flexibility index (Phi) is 5.36. The van der Waals surface area contributed by atoms with Gasteiger partial charge < -0.3 is 14.4 Å². The summed E-state index contributed by atoms with van der Waals surface area (Å²) in [6.07, 6.45) is 2.97. The Morgan fingerprint density at radius 2 is 1.78 bits per heavy atom. The van der Waals surface area contributed by atoms with Gasteiger partial charge in [-0.2, -0.15) is 0 Å². The van der Waals surface area contributed by atoms with E-state index in [-0.39, 0.29) is 12.5 Å². The first-order valence-electron chi connectivity index (χ1n) is 7.12. The lowest BCUT2D eigenvalue weighted by molar-refractivity contribution is -0.146. The van der Waals surface area contributed by atoms with E-state index < -0.39 is 5.97 Å². The third-order valence-corrected chi connectivity index (χ3v) is 3.32. The van der Waals surface area contributed by atoms with Crippen molar-refractivity contribution in [2.45, 2.75) is 0 Å². The number of hydrogen-bond acceptors (Lipinski definition) is 4. The van der Waals surface area contributed by atoms with Crippen molar-refractivity contribution in [3.05, 3.63) is 48.0 Å². The molecular weight excluding hydrogens is 294 g/mol. The average Bonchev–Trinajstić information content (AvgIpc) is 2.56. The average molecular weight is 313 g/mol. The number of nitrogens with zero attached hydrogens (tertiary/aromatic N) is 1. The molecule has 1 amide bonds. The number of fused-ring (bicyclic) bond motifs is 1. The maximum absolute atomic E-state index is 11.6. The van der Waals surface area contributed by atoms with Crippen LogP contribution in [0.1, 0.15) is 5.56 Å². The second kappa shape index (κ2) is 7.45. The van der Waals surface area contributed by atoms with Crippen LogP contribution in [0.5, 0.6) is 5.75 Å². The van der Waals surface area contributed by atoms with Gasteiger partial charge in [0.1, 0.15) is 5.75 Å². The molecule has 0 unspecified atom stereocenters. The zero-order valence-corrected chi connectivity index (χ0v) is 13.4. The Bertz CT molecular complexity index is 750. The highest BCUT2D eigenvalue weighted by Crippen LogP contribution is 2.22. The third kappa shape index (κ3) is 4.57. The molecule has 0 saturated heterocycles. The van der Waals surface area contributed by atoms with Crippen LogP contribution in [-0.4, -0.2) is 44.6 Å². The maximum Gasteiger partial charge on any atom is 0.331 e. The summed E-state index contributed by atoms with van der Waals surface area (Å²) >= 11 is 0. The molecule has 0 aliphatic rings. The van der Waals surface area contributed by atoms with Gasteiger partial charge in [0.05, 0.1) is 7.11 Å². The molecule has 5 heteroatoms. The first kappa shape index (κ1) is 16.5. The zero-order valence-electron chi connectivity index (χ0n) is 13.4. The quantitative estimate of drug-likeness (QED) is 0.628. The molecule has 0 aromatic heterocycles. The zero-order chi connectivity index (χ0) is 16.8. The topological polar surface area (TPSA) is 55.8 Å². The standard InChI is InChI=1S/C18H19NO4/c1-19(2)17(20)12-23-18(21)9-5-13-4-6-15-11-16(22-3)8-7-14(15)10-13/h4-11H,12H2,1-3H3/b9-5+. The first-order valence-corrected chi connectivity index (χ1v) is 7.12. The number of esters is 1. The van der Waals surface area contributed by atoms with Crippen LogP contribution in [0.4, 0.5) is 0 Å². The van der Waals surface area contributed by atoms with Crippen molar-refractivity contribution in [3.63, 3.8) is 0 Å². The molecule has 0 heterocycles. The lowest BCUT2D eigenvalue weighted by Gasteiger charge is -2.09. The monoisotopic (exact) mass is 313 g/mol. The number of methoxy groups -OCH3 is 1. The van der Waals surface area contributed by atoms with Crippen LogP contribution in [-0.2, 0) is 14.3 Å². The van der Waals surface area contributed by atoms with E-state index in [1.54, 1.807) is 27.3 Å². The van der Waals surface area contributed by atoms with Gasteiger partial charge in [0.25, 0.3) is 5.91 Å². The molecule has 2 aromatic carbocycles. The molecule has 0 bridgehead atoms. The lowest BCUT2D eigenvalue weighted by atomic mass is 10.1. The summed E-state index contributed by atoms with van der Waals surface area (Å²) in [5, 5.41) is 2.10. The van der Waals surface area contributed by atoms with E-state index in [4.69, 9.17) is 9.47 Å². The maximum atomic E-state index is 11.6. The fourth-order valence-corrected chi connectivity index (χ4v) is 1.95. The molecule has 2 aromatic rings. The fraction of sp³-hybridized carbons (Fsp3) is 0.222. The number of carbonyl (C=O) groups is 2. The van der Waals surface area contributed by atoms with Crippen molar-refractivity contribution in [1.29, 1.82) is 0 Å². The van der Waals surface area contributed by atoms with Crippen molar-refractivity contribution >= 4 is 28.7 Å². The van der Waals surface area contributed by atoms with Crippen LogP contribution >= 0.6 is 0 Å². The van der Waals surface area contributed by atoms with E-state index in [9.17, 15) is 9.59 Å². The lowest BCUT2D eigenvalue weighted by Crippen LogP contribution is -2.27. The number of benzene rings is 2. The Morgan fingerprint density at radius 3 is 2.48 bits per heavy atom. The number of amides is 1.